The molecule has 15 rings (SSSR count). The number of rotatable bonds is 6. The van der Waals surface area contributed by atoms with E-state index in [1.807, 2.05) is 156 Å². The van der Waals surface area contributed by atoms with Gasteiger partial charge in [-0.05, 0) is 75.8 Å². The fraction of sp³-hybridized carbons (Fsp3) is 0. The zero-order chi connectivity index (χ0) is 59.5. The summed E-state index contributed by atoms with van der Waals surface area (Å²) in [4.78, 5) is 4.55. The Morgan fingerprint density at radius 1 is 0.419 bits per heavy atom. The lowest BCUT2D eigenvalue weighted by Gasteiger charge is -2.26. The second kappa shape index (κ2) is 16.5. The molecule has 4 aromatic heterocycles. The van der Waals surface area contributed by atoms with Crippen LogP contribution in [-0.2, 0) is 0 Å². The third-order valence-electron chi connectivity index (χ3n) is 14.1. The molecule has 0 aliphatic heterocycles. The zero-order valence-corrected chi connectivity index (χ0v) is 40.2. The molecule has 0 aliphatic carbocycles. The molecule has 0 saturated carbocycles. The summed E-state index contributed by atoms with van der Waals surface area (Å²) in [6.07, 6.45) is 0. The van der Waals surface area contributed by atoms with Crippen LogP contribution in [0.3, 0.4) is 0 Å². The first-order valence-electron chi connectivity index (χ1n) is 29.7. The van der Waals surface area contributed by atoms with Crippen molar-refractivity contribution in [3.05, 3.63) is 247 Å². The van der Waals surface area contributed by atoms with Crippen LogP contribution < -0.4 is 0 Å². The highest BCUT2D eigenvalue weighted by molar-refractivity contribution is 7.27. The van der Waals surface area contributed by atoms with Crippen LogP contribution in [-0.4, -0.2) is 9.13 Å². The maximum atomic E-state index is 12.7. The predicted octanol–water partition coefficient (Wildman–Crippen LogP) is 19.7. The quantitative estimate of drug-likeness (QED) is 0.153. The van der Waals surface area contributed by atoms with E-state index in [1.54, 1.807) is 4.57 Å². The Bertz CT molecular complexity index is 5370. The summed E-state index contributed by atoms with van der Waals surface area (Å²) in [7, 11) is 0. The van der Waals surface area contributed by atoms with Gasteiger partial charge in [-0.3, -0.25) is 0 Å². The summed E-state index contributed by atoms with van der Waals surface area (Å²) in [6.45, 7) is 9.63. The number of fused-ring (bicyclic) bond motifs is 14. The number of aromatic nitrogens is 2. The summed E-state index contributed by atoms with van der Waals surface area (Å²) in [6, 6.07) is 47.7. The molecule has 0 saturated heterocycles. The summed E-state index contributed by atoms with van der Waals surface area (Å²) >= 11 is 1.95. The Hall–Kier alpha value is -9.56. The summed E-state index contributed by atoms with van der Waals surface area (Å²) < 4.78 is 118. The molecule has 0 atom stereocenters. The Kier molecular flexibility index (Phi) is 7.07. The van der Waals surface area contributed by atoms with Gasteiger partial charge in [-0.2, -0.15) is 5.26 Å². The van der Waals surface area contributed by atoms with Gasteiger partial charge >= 0.3 is 0 Å². The fourth-order valence-corrected chi connectivity index (χ4v) is 13.2. The minimum absolute atomic E-state index is 0.00103. The lowest BCUT2D eigenvalue weighted by atomic mass is 9.86. The highest BCUT2D eigenvalue weighted by Gasteiger charge is 2.33. The molecule has 0 aliphatic rings. The number of thiophene rings is 2. The van der Waals surface area contributed by atoms with Gasteiger partial charge in [-0.25, -0.2) is 4.85 Å². The third kappa shape index (κ3) is 6.11. The molecule has 0 radical (unpaired) electrons. The first-order valence-corrected chi connectivity index (χ1v) is 25.3. The van der Waals surface area contributed by atoms with Crippen LogP contribution in [0.5, 0.6) is 0 Å². The van der Waals surface area contributed by atoms with E-state index in [2.05, 4.69) is 17.0 Å². The standard InChI is InChI=1S/C68H38N4S2/c1-70-62-60(46-38-44(41-19-5-2-6-20-41)37-45(39-46)42-21-7-3-8-22-42)55(40-69)63(61(43-23-9-4-10-24-43)66(62)71-56-29-15-11-25-47(56)48-26-12-16-30-57(48)71)72-64-51(33-35-53-49-27-13-17-31-58(49)73-67(53)64)52-34-36-54-50-28-14-18-32-59(50)74-68(54)65(52)72/h2-39H/i13D,14D,17D,18D,27D,28D,31D,32D,33D,34D,35D,36D. The minimum atomic E-state index is -0.547. The van der Waals surface area contributed by atoms with Crippen molar-refractivity contribution in [2.24, 2.45) is 0 Å². The maximum Gasteiger partial charge on any atom is 0.220 e. The van der Waals surface area contributed by atoms with Crippen LogP contribution in [0.4, 0.5) is 5.69 Å². The molecule has 0 spiro atoms. The molecule has 0 unspecified atom stereocenters. The molecule has 0 fully saturated rings. The monoisotopic (exact) mass is 986 g/mol. The lowest BCUT2D eigenvalue weighted by molar-refractivity contribution is 1.14. The van der Waals surface area contributed by atoms with Gasteiger partial charge in [0.25, 0.3) is 0 Å². The number of nitrogens with zero attached hydrogens (tertiary/aromatic N) is 4. The maximum absolute atomic E-state index is 12.7. The highest BCUT2D eigenvalue weighted by Crippen LogP contribution is 2.55. The van der Waals surface area contributed by atoms with Crippen molar-refractivity contribution in [1.82, 2.24) is 9.13 Å². The topological polar surface area (TPSA) is 38.0 Å². The summed E-state index contributed by atoms with van der Waals surface area (Å²) in [5.74, 6) is 0. The first kappa shape index (κ1) is 31.7. The molecule has 342 valence electrons. The van der Waals surface area contributed by atoms with Gasteiger partial charge in [0.2, 0.25) is 5.69 Å². The highest BCUT2D eigenvalue weighted by atomic mass is 32.1. The van der Waals surface area contributed by atoms with E-state index in [4.69, 9.17) is 5.48 Å². The minimum Gasteiger partial charge on any atom is -0.318 e. The Morgan fingerprint density at radius 3 is 1.36 bits per heavy atom. The average Bonchev–Trinajstić information content (AvgIpc) is 1.51. The second-order valence-corrected chi connectivity index (χ2v) is 20.0. The van der Waals surface area contributed by atoms with Crippen molar-refractivity contribution in [2.45, 2.75) is 0 Å². The second-order valence-electron chi connectivity index (χ2n) is 18.0. The fourth-order valence-electron chi connectivity index (χ4n) is 11.0. The predicted molar refractivity (Wildman–Crippen MR) is 314 cm³/mol. The van der Waals surface area contributed by atoms with Crippen LogP contribution >= 0.6 is 22.7 Å². The first-order chi connectivity index (χ1) is 41.7. The van der Waals surface area contributed by atoms with E-state index in [0.29, 0.717) is 33.4 Å². The van der Waals surface area contributed by atoms with Crippen molar-refractivity contribution >= 4 is 112 Å². The number of hydrogen-bond donors (Lipinski definition) is 0. The molecule has 4 heterocycles. The van der Waals surface area contributed by atoms with Crippen molar-refractivity contribution in [1.29, 1.82) is 5.26 Å². The molecular weight excluding hydrogens is 937 g/mol. The molecule has 0 amide bonds. The number of para-hydroxylation sites is 2. The SMILES string of the molecule is [2H]c1c([2H])c([2H])c2c(sc3c2c([2H])c([2H])c2c4c([2H])c([2H])c5c(sc6c([2H])c([2H])c([2H])c([2H])c65)c4n(-c4c(C#N)c(-c5cc(-c6ccccc6)cc(-c6ccccc6)c5)c([N+]#[C-])c(-n5c6ccccc6c6ccccc65)c4-c4ccccc4)c32)c1[2H]. The van der Waals surface area contributed by atoms with Gasteiger partial charge in [0, 0.05) is 63.6 Å². The average molecular weight is 987 g/mol. The van der Waals surface area contributed by atoms with Gasteiger partial charge in [0.05, 0.1) is 71.4 Å². The van der Waals surface area contributed by atoms with Crippen LogP contribution in [0.1, 0.15) is 22.0 Å². The van der Waals surface area contributed by atoms with Crippen LogP contribution in [0.15, 0.2) is 230 Å². The molecule has 4 nitrogen and oxygen atoms in total. The van der Waals surface area contributed by atoms with Crippen LogP contribution in [0.2, 0.25) is 0 Å². The molecule has 0 bridgehead atoms. The van der Waals surface area contributed by atoms with Gasteiger partial charge < -0.3 is 9.13 Å². The van der Waals surface area contributed by atoms with Gasteiger partial charge in [-0.1, -0.05) is 188 Å². The van der Waals surface area contributed by atoms with E-state index >= 15 is 0 Å². The molecular formula is C68H38N4S2. The van der Waals surface area contributed by atoms with Crippen molar-refractivity contribution < 1.29 is 16.4 Å². The zero-order valence-electron chi connectivity index (χ0n) is 50.6. The third-order valence-corrected chi connectivity index (χ3v) is 16.3. The molecule has 6 heteroatoms. The van der Waals surface area contributed by atoms with E-state index < -0.39 is 60.4 Å². The van der Waals surface area contributed by atoms with Crippen LogP contribution in [0.25, 0.3) is 145 Å². The molecule has 74 heavy (non-hydrogen) atoms. The Morgan fingerprint density at radius 2 is 0.865 bits per heavy atom. The largest absolute Gasteiger partial charge is 0.318 e. The summed E-state index contributed by atoms with van der Waals surface area (Å²) in [5.41, 5.74) is 7.02. The molecule has 15 aromatic rings. The molecule has 11 aromatic carbocycles. The van der Waals surface area contributed by atoms with Gasteiger partial charge in [-0.15, -0.1) is 22.7 Å². The Balaban J connectivity index is 1.30. The van der Waals surface area contributed by atoms with Crippen molar-refractivity contribution in [2.75, 3.05) is 0 Å². The van der Waals surface area contributed by atoms with Crippen LogP contribution in [0, 0.1) is 17.9 Å². The van der Waals surface area contributed by atoms with E-state index in [1.165, 1.54) is 0 Å². The molecule has 0 N–H and O–H groups in total. The van der Waals surface area contributed by atoms with Crippen molar-refractivity contribution in [3.8, 4) is 62.0 Å². The van der Waals surface area contributed by atoms with Gasteiger partial charge in [0.15, 0.2) is 0 Å². The van der Waals surface area contributed by atoms with E-state index in [9.17, 15) is 22.8 Å². The summed E-state index contributed by atoms with van der Waals surface area (Å²) in [5, 5.41) is 14.4. The normalized spacial score (nSPS) is 14.0. The lowest BCUT2D eigenvalue weighted by Crippen LogP contribution is -2.09. The number of hydrogen-bond acceptors (Lipinski definition) is 3. The van der Waals surface area contributed by atoms with E-state index in [0.717, 1.165) is 55.7 Å². The number of benzene rings is 11. The number of nitriles is 1. The van der Waals surface area contributed by atoms with Crippen molar-refractivity contribution in [3.63, 3.8) is 0 Å². The van der Waals surface area contributed by atoms with E-state index in [-0.39, 0.29) is 96.7 Å². The van der Waals surface area contributed by atoms with Gasteiger partial charge in [0.1, 0.15) is 6.07 Å². The Labute approximate surface area is 450 Å². The smallest absolute Gasteiger partial charge is 0.220 e.